The number of alkyl carbamates (subject to hydrolysis) is 1. The van der Waals surface area contributed by atoms with Crippen LogP contribution in [0.1, 0.15) is 30.0 Å². The molecule has 3 aromatic rings. The van der Waals surface area contributed by atoms with E-state index in [-0.39, 0.29) is 12.3 Å². The number of hydrogen-bond donors (Lipinski definition) is 4. The number of halogens is 1. The summed E-state index contributed by atoms with van der Waals surface area (Å²) in [4.78, 5) is 60.7. The largest absolute Gasteiger partial charge is 0.478 e. The fourth-order valence-corrected chi connectivity index (χ4v) is 3.89. The van der Waals surface area contributed by atoms with Crippen LogP contribution in [0.3, 0.4) is 0 Å². The molecule has 1 heterocycles. The first kappa shape index (κ1) is 30.9. The summed E-state index contributed by atoms with van der Waals surface area (Å²) in [6.07, 6.45) is -2.65. The van der Waals surface area contributed by atoms with Gasteiger partial charge in [-0.3, -0.25) is 15.0 Å². The van der Waals surface area contributed by atoms with Gasteiger partial charge in [-0.05, 0) is 34.7 Å². The number of hydrogen-bond acceptors (Lipinski definition) is 9. The highest BCUT2D eigenvalue weighted by atomic mass is 35.5. The number of ether oxygens (including phenoxy) is 2. The van der Waals surface area contributed by atoms with E-state index in [0.29, 0.717) is 10.6 Å². The van der Waals surface area contributed by atoms with Crippen molar-refractivity contribution >= 4 is 35.5 Å². The molecule has 13 nitrogen and oxygen atoms in total. The Labute approximate surface area is 239 Å². The van der Waals surface area contributed by atoms with E-state index < -0.39 is 54.1 Å². The Hall–Kier alpha value is -4.62. The maximum absolute atomic E-state index is 12.8. The molecule has 0 bridgehead atoms. The molecule has 0 aliphatic heterocycles. The zero-order valence-electron chi connectivity index (χ0n) is 22.4. The molecule has 2 aromatic carbocycles. The summed E-state index contributed by atoms with van der Waals surface area (Å²) in [5, 5.41) is 15.9. The fraction of sp³-hybridized carbons (Fsp3) is 0.296. The minimum Gasteiger partial charge on any atom is -0.478 e. The van der Waals surface area contributed by atoms with Crippen LogP contribution < -0.4 is 16.3 Å². The second-order valence-corrected chi connectivity index (χ2v) is 9.66. The van der Waals surface area contributed by atoms with Crippen molar-refractivity contribution in [1.82, 2.24) is 20.9 Å². The molecule has 2 atom stereocenters. The molecule has 0 aliphatic carbocycles. The van der Waals surface area contributed by atoms with Crippen molar-refractivity contribution in [3.05, 3.63) is 81.3 Å². The minimum atomic E-state index is -1.76. The minimum absolute atomic E-state index is 0.0223. The van der Waals surface area contributed by atoms with Gasteiger partial charge in [0.05, 0.1) is 19.7 Å². The van der Waals surface area contributed by atoms with Gasteiger partial charge in [-0.2, -0.15) is 5.16 Å². The topological polar surface area (TPSA) is 180 Å². The van der Waals surface area contributed by atoms with Crippen molar-refractivity contribution in [1.29, 1.82) is 0 Å². The number of aliphatic carboxylic acids is 1. The highest BCUT2D eigenvalue weighted by Crippen LogP contribution is 2.23. The summed E-state index contributed by atoms with van der Waals surface area (Å²) in [6.45, 7) is 2.73. The lowest BCUT2D eigenvalue weighted by Crippen LogP contribution is -2.51. The number of benzene rings is 2. The predicted octanol–water partition coefficient (Wildman–Crippen LogP) is 2.81. The van der Waals surface area contributed by atoms with Gasteiger partial charge in [0.25, 0.3) is 5.56 Å². The van der Waals surface area contributed by atoms with E-state index in [0.717, 1.165) is 24.3 Å². The first-order chi connectivity index (χ1) is 19.5. The number of aromatic amines is 1. The van der Waals surface area contributed by atoms with E-state index in [1.807, 2.05) is 29.4 Å². The molecule has 14 heteroatoms. The molecule has 0 aliphatic rings. The number of esters is 1. The summed E-state index contributed by atoms with van der Waals surface area (Å²) in [6, 6.07) is 14.2. The van der Waals surface area contributed by atoms with E-state index in [1.165, 1.54) is 5.01 Å². The number of carbonyl (C=O) groups excluding carboxylic acids is 3. The molecule has 1 aromatic heterocycles. The first-order valence-corrected chi connectivity index (χ1v) is 12.7. The van der Waals surface area contributed by atoms with E-state index in [1.54, 1.807) is 38.1 Å². The van der Waals surface area contributed by atoms with Gasteiger partial charge < -0.3 is 24.4 Å². The Kier molecular flexibility index (Phi) is 10.7. The number of carboxylic acid groups (broad SMARTS) is 1. The molecular formula is C27H29ClN4O9. The quantitative estimate of drug-likeness (QED) is 0.181. The highest BCUT2D eigenvalue weighted by molar-refractivity contribution is 6.30. The van der Waals surface area contributed by atoms with E-state index >= 15 is 0 Å². The van der Waals surface area contributed by atoms with Crippen LogP contribution in [0, 0.1) is 5.92 Å². The molecule has 218 valence electrons. The van der Waals surface area contributed by atoms with Crippen LogP contribution in [0.2, 0.25) is 5.02 Å². The lowest BCUT2D eigenvalue weighted by molar-refractivity contribution is -0.167. The van der Waals surface area contributed by atoms with Crippen LogP contribution in [0.15, 0.2) is 63.9 Å². The third-order valence-corrected chi connectivity index (χ3v) is 6.03. The van der Waals surface area contributed by atoms with E-state index in [9.17, 15) is 29.1 Å². The zero-order chi connectivity index (χ0) is 30.1. The maximum Gasteiger partial charge on any atom is 0.407 e. The Morgan fingerprint density at radius 2 is 1.78 bits per heavy atom. The number of aromatic nitrogens is 1. The summed E-state index contributed by atoms with van der Waals surface area (Å²) in [7, 11) is 1.12. The molecule has 41 heavy (non-hydrogen) atoms. The third kappa shape index (κ3) is 8.95. The number of carboxylic acids is 1. The number of rotatable bonds is 12. The van der Waals surface area contributed by atoms with Gasteiger partial charge in [0.15, 0.2) is 0 Å². The van der Waals surface area contributed by atoms with Gasteiger partial charge >= 0.3 is 23.9 Å². The molecule has 0 fully saturated rings. The number of nitrogens with one attached hydrogen (secondary N) is 3. The highest BCUT2D eigenvalue weighted by Gasteiger charge is 2.33. The molecule has 0 radical (unpaired) electrons. The standard InChI is InChI=1S/C27H29ClN4O9/c1-15(2)23(29-27(38)39-3)26(37)40-21(25(35)36)14-32(30-24(34)20-12-22(33)31-41-20)13-16-7-9-17(10-8-16)18-5-4-6-19(28)11-18/h4-12,15,21,23H,13-14H2,1-3H3,(H,29,38)(H,30,34)(H,31,33)(H,35,36). The number of methoxy groups -OCH3 is 1. The van der Waals surface area contributed by atoms with Crippen molar-refractivity contribution in [2.24, 2.45) is 5.92 Å². The van der Waals surface area contributed by atoms with Gasteiger partial charge in [0.2, 0.25) is 11.9 Å². The zero-order valence-corrected chi connectivity index (χ0v) is 23.1. The van der Waals surface area contributed by atoms with E-state index in [2.05, 4.69) is 15.5 Å². The molecule has 2 unspecified atom stereocenters. The molecule has 0 spiro atoms. The number of amides is 2. The molecule has 0 saturated carbocycles. The van der Waals surface area contributed by atoms with Crippen molar-refractivity contribution in [2.75, 3.05) is 13.7 Å². The summed E-state index contributed by atoms with van der Waals surface area (Å²) in [5.41, 5.74) is 4.25. The lowest BCUT2D eigenvalue weighted by Gasteiger charge is -2.27. The Bertz CT molecular complexity index is 1430. The number of H-pyrrole nitrogens is 1. The normalized spacial score (nSPS) is 12.4. The van der Waals surface area contributed by atoms with Crippen LogP contribution in [-0.2, 0) is 25.6 Å². The number of carbonyl (C=O) groups is 4. The Morgan fingerprint density at radius 1 is 1.07 bits per heavy atom. The molecule has 3 rings (SSSR count). The van der Waals surface area contributed by atoms with Crippen LogP contribution in [-0.4, -0.2) is 65.0 Å². The summed E-state index contributed by atoms with van der Waals surface area (Å²) >= 11 is 6.09. The smallest absolute Gasteiger partial charge is 0.407 e. The van der Waals surface area contributed by atoms with Crippen LogP contribution in [0.25, 0.3) is 11.1 Å². The van der Waals surface area contributed by atoms with E-state index in [4.69, 9.17) is 20.9 Å². The second kappa shape index (κ2) is 14.1. The van der Waals surface area contributed by atoms with Gasteiger partial charge in [-0.15, -0.1) is 0 Å². The van der Waals surface area contributed by atoms with Crippen molar-refractivity contribution in [2.45, 2.75) is 32.5 Å². The maximum atomic E-state index is 12.8. The van der Waals surface area contributed by atoms with Crippen LogP contribution in [0.5, 0.6) is 0 Å². The van der Waals surface area contributed by atoms with Crippen LogP contribution in [0.4, 0.5) is 4.79 Å². The first-order valence-electron chi connectivity index (χ1n) is 12.3. The van der Waals surface area contributed by atoms with Gasteiger partial charge in [-0.1, -0.05) is 61.8 Å². The lowest BCUT2D eigenvalue weighted by atomic mass is 10.0. The summed E-state index contributed by atoms with van der Waals surface area (Å²) in [5.74, 6) is -4.15. The molecule has 0 saturated heterocycles. The average Bonchev–Trinajstić information content (AvgIpc) is 3.37. The van der Waals surface area contributed by atoms with Crippen molar-refractivity contribution in [3.8, 4) is 11.1 Å². The Morgan fingerprint density at radius 3 is 2.34 bits per heavy atom. The fourth-order valence-electron chi connectivity index (χ4n) is 3.70. The summed E-state index contributed by atoms with van der Waals surface area (Å²) < 4.78 is 14.6. The average molecular weight is 589 g/mol. The SMILES string of the molecule is COC(=O)NC(C(=O)OC(CN(Cc1ccc(-c2cccc(Cl)c2)cc1)NC(=O)c1cc(=O)[nH]o1)C(=O)O)C(C)C. The molecule has 4 N–H and O–H groups in total. The predicted molar refractivity (Wildman–Crippen MR) is 146 cm³/mol. The van der Waals surface area contributed by atoms with Gasteiger partial charge in [0, 0.05) is 11.6 Å². The third-order valence-electron chi connectivity index (χ3n) is 5.79. The second-order valence-electron chi connectivity index (χ2n) is 9.23. The Balaban J connectivity index is 1.82. The molecule has 2 amide bonds. The van der Waals surface area contributed by atoms with Crippen molar-refractivity contribution < 1.29 is 38.3 Å². The number of nitrogens with zero attached hydrogens (tertiary/aromatic N) is 1. The number of hydrazine groups is 1. The molecular weight excluding hydrogens is 560 g/mol. The van der Waals surface area contributed by atoms with Crippen molar-refractivity contribution in [3.63, 3.8) is 0 Å². The van der Waals surface area contributed by atoms with Crippen LogP contribution >= 0.6 is 11.6 Å². The van der Waals surface area contributed by atoms with Gasteiger partial charge in [0.1, 0.15) is 6.04 Å². The monoisotopic (exact) mass is 588 g/mol. The van der Waals surface area contributed by atoms with Gasteiger partial charge in [-0.25, -0.2) is 19.4 Å².